The first kappa shape index (κ1) is 20.7. The molecule has 7 nitrogen and oxygen atoms in total. The highest BCUT2D eigenvalue weighted by Crippen LogP contribution is 2.30. The number of benzene rings is 1. The number of carbonyl (C=O) groups excluding carboxylic acids is 1. The molecule has 0 N–H and O–H groups in total. The van der Waals surface area contributed by atoms with Crippen molar-refractivity contribution in [3.05, 3.63) is 52.2 Å². The van der Waals surface area contributed by atoms with Crippen LogP contribution in [0.15, 0.2) is 50.4 Å². The summed E-state index contributed by atoms with van der Waals surface area (Å²) < 4.78 is 28.7. The second-order valence-electron chi connectivity index (χ2n) is 8.38. The summed E-state index contributed by atoms with van der Waals surface area (Å²) in [7, 11) is -3.61. The van der Waals surface area contributed by atoms with Gasteiger partial charge in [-0.25, -0.2) is 0 Å². The molecule has 9 heteroatoms. The van der Waals surface area contributed by atoms with E-state index in [9.17, 15) is 13.2 Å². The average Bonchev–Trinajstić information content (AvgIpc) is 3.40. The van der Waals surface area contributed by atoms with Crippen LogP contribution in [-0.4, -0.2) is 74.1 Å². The Morgan fingerprint density at radius 1 is 1.03 bits per heavy atom. The standard InChI is InChI=1S/C22H26N4O3S2/c27-22(26-12-10-24(11-13-26)15-17-7-14-30-16-17)18-5-8-25(9-6-18)21-19-3-1-2-4-20(19)31(28,29)23-21/h1-4,7,14,16,18H,5-6,8-13,15H2. The Bertz CT molecular complexity index is 1080. The summed E-state index contributed by atoms with van der Waals surface area (Å²) in [5.74, 6) is 0.785. The zero-order valence-electron chi connectivity index (χ0n) is 17.3. The molecular formula is C22H26N4O3S2. The summed E-state index contributed by atoms with van der Waals surface area (Å²) in [6, 6.07) is 9.14. The Kier molecular flexibility index (Phi) is 5.58. The lowest BCUT2D eigenvalue weighted by molar-refractivity contribution is -0.138. The molecule has 0 aliphatic carbocycles. The van der Waals surface area contributed by atoms with Crippen molar-refractivity contribution in [3.63, 3.8) is 0 Å². The molecule has 4 heterocycles. The third-order valence-electron chi connectivity index (χ3n) is 6.43. The Hall–Kier alpha value is -2.23. The maximum Gasteiger partial charge on any atom is 0.285 e. The van der Waals surface area contributed by atoms with E-state index in [1.165, 1.54) is 5.56 Å². The van der Waals surface area contributed by atoms with E-state index >= 15 is 0 Å². The zero-order chi connectivity index (χ0) is 21.4. The van der Waals surface area contributed by atoms with Gasteiger partial charge in [0.05, 0.1) is 0 Å². The van der Waals surface area contributed by atoms with Gasteiger partial charge in [-0.3, -0.25) is 9.69 Å². The number of likely N-dealkylation sites (tertiary alicyclic amines) is 1. The Balaban J connectivity index is 1.16. The van der Waals surface area contributed by atoms with Crippen molar-refractivity contribution in [1.82, 2.24) is 14.7 Å². The second-order valence-corrected chi connectivity index (χ2v) is 10.7. The van der Waals surface area contributed by atoms with Gasteiger partial charge in [0.15, 0.2) is 5.84 Å². The highest BCUT2D eigenvalue weighted by Gasteiger charge is 2.35. The van der Waals surface area contributed by atoms with E-state index in [0.29, 0.717) is 24.5 Å². The number of carbonyl (C=O) groups is 1. The van der Waals surface area contributed by atoms with Crippen LogP contribution in [0.2, 0.25) is 0 Å². The molecule has 3 aliphatic heterocycles. The van der Waals surface area contributed by atoms with Gasteiger partial charge < -0.3 is 9.80 Å². The quantitative estimate of drug-likeness (QED) is 0.706. The number of fused-ring (bicyclic) bond motifs is 1. The minimum absolute atomic E-state index is 0.00790. The molecule has 1 aromatic carbocycles. The zero-order valence-corrected chi connectivity index (χ0v) is 18.9. The monoisotopic (exact) mass is 458 g/mol. The van der Waals surface area contributed by atoms with Gasteiger partial charge in [-0.15, -0.1) is 4.40 Å². The maximum atomic E-state index is 13.1. The lowest BCUT2D eigenvalue weighted by atomic mass is 9.94. The van der Waals surface area contributed by atoms with Crippen LogP contribution in [0.5, 0.6) is 0 Å². The summed E-state index contributed by atoms with van der Waals surface area (Å²) in [6.07, 6.45) is 1.46. The number of hydrogen-bond donors (Lipinski definition) is 0. The fourth-order valence-electron chi connectivity index (χ4n) is 4.68. The lowest BCUT2D eigenvalue weighted by Gasteiger charge is -2.39. The number of sulfonamides is 1. The Morgan fingerprint density at radius 2 is 1.77 bits per heavy atom. The summed E-state index contributed by atoms with van der Waals surface area (Å²) in [5, 5.41) is 4.29. The van der Waals surface area contributed by atoms with Crippen LogP contribution in [-0.2, 0) is 21.4 Å². The average molecular weight is 459 g/mol. The first-order chi connectivity index (χ1) is 15.0. The van der Waals surface area contributed by atoms with Gasteiger partial charge in [0, 0.05) is 57.3 Å². The molecule has 1 amide bonds. The highest BCUT2D eigenvalue weighted by atomic mass is 32.2. The van der Waals surface area contributed by atoms with Crippen LogP contribution in [0.25, 0.3) is 0 Å². The van der Waals surface area contributed by atoms with Gasteiger partial charge in [-0.2, -0.15) is 19.8 Å². The van der Waals surface area contributed by atoms with Crippen LogP contribution in [0.3, 0.4) is 0 Å². The first-order valence-corrected chi connectivity index (χ1v) is 13.1. The van der Waals surface area contributed by atoms with Crippen LogP contribution < -0.4 is 0 Å². The largest absolute Gasteiger partial charge is 0.355 e. The molecule has 0 atom stereocenters. The third-order valence-corrected chi connectivity index (χ3v) is 8.48. The van der Waals surface area contributed by atoms with Crippen molar-refractivity contribution in [2.24, 2.45) is 10.3 Å². The highest BCUT2D eigenvalue weighted by molar-refractivity contribution is 7.90. The number of piperazine rings is 1. The van der Waals surface area contributed by atoms with Gasteiger partial charge in [-0.05, 0) is 47.4 Å². The number of thiophene rings is 1. The van der Waals surface area contributed by atoms with E-state index < -0.39 is 10.0 Å². The van der Waals surface area contributed by atoms with E-state index in [1.54, 1.807) is 23.5 Å². The molecule has 2 saturated heterocycles. The number of rotatable bonds is 3. The van der Waals surface area contributed by atoms with Crippen molar-refractivity contribution >= 4 is 33.1 Å². The first-order valence-electron chi connectivity index (χ1n) is 10.7. The topological polar surface area (TPSA) is 73.3 Å². The normalized spacial score (nSPS) is 21.7. The van der Waals surface area contributed by atoms with Crippen LogP contribution in [0.1, 0.15) is 24.0 Å². The molecule has 1 aromatic heterocycles. The van der Waals surface area contributed by atoms with Crippen molar-refractivity contribution in [3.8, 4) is 0 Å². The van der Waals surface area contributed by atoms with E-state index in [0.717, 1.165) is 45.6 Å². The molecule has 2 fully saturated rings. The predicted molar refractivity (Wildman–Crippen MR) is 121 cm³/mol. The fraction of sp³-hybridized carbons (Fsp3) is 0.455. The van der Waals surface area contributed by atoms with Crippen molar-refractivity contribution in [2.75, 3.05) is 39.3 Å². The van der Waals surface area contributed by atoms with E-state index in [2.05, 4.69) is 26.1 Å². The number of hydrogen-bond acceptors (Lipinski definition) is 6. The number of piperidine rings is 1. The van der Waals surface area contributed by atoms with Gasteiger partial charge in [0.25, 0.3) is 10.0 Å². The van der Waals surface area contributed by atoms with Crippen molar-refractivity contribution < 1.29 is 13.2 Å². The Labute approximate surface area is 187 Å². The summed E-state index contributed by atoms with van der Waals surface area (Å²) in [6.45, 7) is 5.63. The molecule has 0 bridgehead atoms. The van der Waals surface area contributed by atoms with Crippen LogP contribution >= 0.6 is 11.3 Å². The molecule has 2 aromatic rings. The van der Waals surface area contributed by atoms with E-state index in [-0.39, 0.29) is 16.7 Å². The van der Waals surface area contributed by atoms with Crippen LogP contribution in [0, 0.1) is 5.92 Å². The summed E-state index contributed by atoms with van der Waals surface area (Å²) in [5.41, 5.74) is 2.02. The number of nitrogens with zero attached hydrogens (tertiary/aromatic N) is 4. The Morgan fingerprint density at radius 3 is 2.48 bits per heavy atom. The van der Waals surface area contributed by atoms with Crippen LogP contribution in [0.4, 0.5) is 0 Å². The SMILES string of the molecule is O=C(C1CCN(C2=NS(=O)(=O)c3ccccc32)CC1)N1CCN(Cc2ccsc2)CC1. The smallest absolute Gasteiger partial charge is 0.285 e. The second kappa shape index (κ2) is 8.37. The molecule has 3 aliphatic rings. The fourth-order valence-corrected chi connectivity index (χ4v) is 6.57. The molecule has 31 heavy (non-hydrogen) atoms. The van der Waals surface area contributed by atoms with Crippen molar-refractivity contribution in [1.29, 1.82) is 0 Å². The summed E-state index contributed by atoms with van der Waals surface area (Å²) >= 11 is 1.72. The lowest BCUT2D eigenvalue weighted by Crippen LogP contribution is -2.51. The van der Waals surface area contributed by atoms with E-state index in [4.69, 9.17) is 0 Å². The van der Waals surface area contributed by atoms with Gasteiger partial charge in [0.1, 0.15) is 4.90 Å². The van der Waals surface area contributed by atoms with E-state index in [1.807, 2.05) is 21.9 Å². The van der Waals surface area contributed by atoms with Crippen molar-refractivity contribution in [2.45, 2.75) is 24.3 Å². The van der Waals surface area contributed by atoms with Gasteiger partial charge >= 0.3 is 0 Å². The molecule has 164 valence electrons. The van der Waals surface area contributed by atoms with Gasteiger partial charge in [0.2, 0.25) is 5.91 Å². The maximum absolute atomic E-state index is 13.1. The third kappa shape index (κ3) is 4.14. The number of amides is 1. The minimum Gasteiger partial charge on any atom is -0.355 e. The number of amidine groups is 1. The molecule has 0 unspecified atom stereocenters. The van der Waals surface area contributed by atoms with Gasteiger partial charge in [-0.1, -0.05) is 12.1 Å². The molecule has 0 saturated carbocycles. The molecule has 0 spiro atoms. The predicted octanol–water partition coefficient (Wildman–Crippen LogP) is 2.25. The minimum atomic E-state index is -3.61. The summed E-state index contributed by atoms with van der Waals surface area (Å²) in [4.78, 5) is 19.8. The molecular weight excluding hydrogens is 432 g/mol. The molecule has 5 rings (SSSR count). The molecule has 0 radical (unpaired) electrons.